The van der Waals surface area contributed by atoms with Gasteiger partial charge in [-0.2, -0.15) is 0 Å². The Labute approximate surface area is 107 Å². The van der Waals surface area contributed by atoms with Crippen LogP contribution in [0.1, 0.15) is 42.0 Å². The highest BCUT2D eigenvalue weighted by molar-refractivity contribution is 5.85. The molecule has 0 saturated carbocycles. The summed E-state index contributed by atoms with van der Waals surface area (Å²) >= 11 is 0. The Kier molecular flexibility index (Phi) is 4.25. The summed E-state index contributed by atoms with van der Waals surface area (Å²) in [6.07, 6.45) is 3.92. The molecule has 1 fully saturated rings. The molecule has 0 amide bonds. The largest absolute Gasteiger partial charge is 0.460 e. The molecule has 1 aromatic heterocycles. The molecular formula is C13H19N3O2. The van der Waals surface area contributed by atoms with Crippen molar-refractivity contribution < 1.29 is 9.53 Å². The van der Waals surface area contributed by atoms with E-state index in [9.17, 15) is 4.79 Å². The van der Waals surface area contributed by atoms with Crippen molar-refractivity contribution in [3.05, 3.63) is 23.8 Å². The number of carbonyl (C=O) groups excluding carboxylic acids is 1. The minimum Gasteiger partial charge on any atom is -0.460 e. The van der Waals surface area contributed by atoms with Crippen molar-refractivity contribution in [1.82, 2.24) is 14.9 Å². The number of piperidine rings is 1. The van der Waals surface area contributed by atoms with E-state index in [2.05, 4.69) is 21.9 Å². The normalized spacial score (nSPS) is 20.7. The molecule has 1 saturated heterocycles. The first-order chi connectivity index (χ1) is 8.70. The summed E-state index contributed by atoms with van der Waals surface area (Å²) in [5.74, 6) is 0.117. The SMILES string of the molecule is CCOC(=O)c1nccc(C2CCCN(C)C2)n1. The van der Waals surface area contributed by atoms with Crippen LogP contribution >= 0.6 is 0 Å². The molecule has 1 unspecified atom stereocenters. The van der Waals surface area contributed by atoms with Gasteiger partial charge in [-0.1, -0.05) is 0 Å². The predicted octanol–water partition coefficient (Wildman–Crippen LogP) is 1.46. The van der Waals surface area contributed by atoms with Gasteiger partial charge in [0.05, 0.1) is 6.61 Å². The van der Waals surface area contributed by atoms with Crippen LogP contribution in [0.5, 0.6) is 0 Å². The minimum atomic E-state index is -0.441. The van der Waals surface area contributed by atoms with Crippen LogP contribution in [-0.4, -0.2) is 47.6 Å². The molecule has 1 aromatic rings. The van der Waals surface area contributed by atoms with E-state index in [4.69, 9.17) is 4.74 Å². The second-order valence-electron chi connectivity index (χ2n) is 4.63. The molecule has 1 aliphatic rings. The molecule has 5 nitrogen and oxygen atoms in total. The fourth-order valence-electron chi connectivity index (χ4n) is 2.30. The number of hydrogen-bond donors (Lipinski definition) is 0. The molecule has 0 N–H and O–H groups in total. The van der Waals surface area contributed by atoms with Crippen LogP contribution < -0.4 is 0 Å². The van der Waals surface area contributed by atoms with Gasteiger partial charge >= 0.3 is 5.97 Å². The van der Waals surface area contributed by atoms with Crippen LogP contribution in [-0.2, 0) is 4.74 Å². The maximum atomic E-state index is 11.6. The van der Waals surface area contributed by atoms with Crippen LogP contribution in [0.2, 0.25) is 0 Å². The molecule has 98 valence electrons. The Balaban J connectivity index is 2.13. The monoisotopic (exact) mass is 249 g/mol. The molecule has 0 spiro atoms. The third-order valence-electron chi connectivity index (χ3n) is 3.18. The number of rotatable bonds is 3. The maximum absolute atomic E-state index is 11.6. The Bertz CT molecular complexity index is 422. The van der Waals surface area contributed by atoms with Crippen molar-refractivity contribution >= 4 is 5.97 Å². The molecule has 0 aliphatic carbocycles. The third kappa shape index (κ3) is 3.04. The fourth-order valence-corrected chi connectivity index (χ4v) is 2.30. The van der Waals surface area contributed by atoms with Gasteiger partial charge in [0.15, 0.2) is 0 Å². The number of esters is 1. The minimum absolute atomic E-state index is 0.169. The summed E-state index contributed by atoms with van der Waals surface area (Å²) in [4.78, 5) is 22.2. The molecule has 0 radical (unpaired) electrons. The fraction of sp³-hybridized carbons (Fsp3) is 0.615. The van der Waals surface area contributed by atoms with E-state index in [0.29, 0.717) is 12.5 Å². The van der Waals surface area contributed by atoms with E-state index in [-0.39, 0.29) is 5.82 Å². The summed E-state index contributed by atoms with van der Waals surface area (Å²) in [5, 5.41) is 0. The van der Waals surface area contributed by atoms with Gasteiger partial charge in [-0.3, -0.25) is 0 Å². The first kappa shape index (κ1) is 13.0. The molecule has 2 heterocycles. The number of likely N-dealkylation sites (tertiary alicyclic amines) is 1. The summed E-state index contributed by atoms with van der Waals surface area (Å²) in [7, 11) is 2.11. The zero-order valence-corrected chi connectivity index (χ0v) is 10.9. The van der Waals surface area contributed by atoms with E-state index in [0.717, 1.165) is 25.2 Å². The zero-order chi connectivity index (χ0) is 13.0. The Hall–Kier alpha value is -1.49. The topological polar surface area (TPSA) is 55.3 Å². The molecule has 2 rings (SSSR count). The average Bonchev–Trinajstić information content (AvgIpc) is 2.39. The molecule has 1 aliphatic heterocycles. The van der Waals surface area contributed by atoms with Crippen molar-refractivity contribution in [1.29, 1.82) is 0 Å². The number of ether oxygens (including phenoxy) is 1. The average molecular weight is 249 g/mol. The Morgan fingerprint density at radius 1 is 1.61 bits per heavy atom. The van der Waals surface area contributed by atoms with Gasteiger partial charge in [-0.15, -0.1) is 0 Å². The van der Waals surface area contributed by atoms with Crippen molar-refractivity contribution in [2.45, 2.75) is 25.7 Å². The molecule has 0 aromatic carbocycles. The maximum Gasteiger partial charge on any atom is 0.376 e. The van der Waals surface area contributed by atoms with Gasteiger partial charge in [-0.05, 0) is 39.4 Å². The van der Waals surface area contributed by atoms with Gasteiger partial charge < -0.3 is 9.64 Å². The molecule has 5 heteroatoms. The lowest BCUT2D eigenvalue weighted by Crippen LogP contribution is -2.31. The lowest BCUT2D eigenvalue weighted by molar-refractivity contribution is 0.0511. The van der Waals surface area contributed by atoms with E-state index < -0.39 is 5.97 Å². The Morgan fingerprint density at radius 3 is 3.17 bits per heavy atom. The summed E-state index contributed by atoms with van der Waals surface area (Å²) in [5.41, 5.74) is 0.944. The lowest BCUT2D eigenvalue weighted by Gasteiger charge is -2.29. The molecule has 0 bridgehead atoms. The van der Waals surface area contributed by atoms with Crippen LogP contribution in [0.4, 0.5) is 0 Å². The van der Waals surface area contributed by atoms with E-state index in [1.54, 1.807) is 13.1 Å². The number of aromatic nitrogens is 2. The van der Waals surface area contributed by atoms with Crippen molar-refractivity contribution in [2.24, 2.45) is 0 Å². The summed E-state index contributed by atoms with van der Waals surface area (Å²) in [6.45, 7) is 4.24. The standard InChI is InChI=1S/C13H19N3O2/c1-3-18-13(17)12-14-7-6-11(15-12)10-5-4-8-16(2)9-10/h6-7,10H,3-5,8-9H2,1-2H3. The number of carbonyl (C=O) groups is 1. The highest BCUT2D eigenvalue weighted by Gasteiger charge is 2.21. The van der Waals surface area contributed by atoms with Crippen LogP contribution in [0.3, 0.4) is 0 Å². The number of likely N-dealkylation sites (N-methyl/N-ethyl adjacent to an activating group) is 1. The van der Waals surface area contributed by atoms with E-state index in [1.807, 2.05) is 6.07 Å². The Morgan fingerprint density at radius 2 is 2.44 bits per heavy atom. The highest BCUT2D eigenvalue weighted by Crippen LogP contribution is 2.24. The van der Waals surface area contributed by atoms with Crippen LogP contribution in [0, 0.1) is 0 Å². The predicted molar refractivity (Wildman–Crippen MR) is 67.5 cm³/mol. The van der Waals surface area contributed by atoms with E-state index >= 15 is 0 Å². The van der Waals surface area contributed by atoms with Crippen LogP contribution in [0.15, 0.2) is 12.3 Å². The van der Waals surface area contributed by atoms with Crippen LogP contribution in [0.25, 0.3) is 0 Å². The van der Waals surface area contributed by atoms with Crippen molar-refractivity contribution in [3.63, 3.8) is 0 Å². The third-order valence-corrected chi connectivity index (χ3v) is 3.18. The van der Waals surface area contributed by atoms with Gasteiger partial charge in [-0.25, -0.2) is 14.8 Å². The van der Waals surface area contributed by atoms with Gasteiger partial charge in [0.25, 0.3) is 0 Å². The first-order valence-electron chi connectivity index (χ1n) is 6.39. The molecule has 1 atom stereocenters. The zero-order valence-electron chi connectivity index (χ0n) is 10.9. The van der Waals surface area contributed by atoms with Gasteiger partial charge in [0.1, 0.15) is 0 Å². The second-order valence-corrected chi connectivity index (χ2v) is 4.63. The van der Waals surface area contributed by atoms with E-state index in [1.165, 1.54) is 6.42 Å². The number of nitrogens with zero attached hydrogens (tertiary/aromatic N) is 3. The first-order valence-corrected chi connectivity index (χ1v) is 6.39. The lowest BCUT2D eigenvalue weighted by atomic mass is 9.95. The van der Waals surface area contributed by atoms with Crippen molar-refractivity contribution in [3.8, 4) is 0 Å². The highest BCUT2D eigenvalue weighted by atomic mass is 16.5. The summed E-state index contributed by atoms with van der Waals surface area (Å²) in [6, 6.07) is 1.90. The molecular weight excluding hydrogens is 230 g/mol. The second kappa shape index (κ2) is 5.91. The molecule has 18 heavy (non-hydrogen) atoms. The number of hydrogen-bond acceptors (Lipinski definition) is 5. The smallest absolute Gasteiger partial charge is 0.376 e. The van der Waals surface area contributed by atoms with Gasteiger partial charge in [0, 0.05) is 24.4 Å². The quantitative estimate of drug-likeness (QED) is 0.759. The van der Waals surface area contributed by atoms with Crippen molar-refractivity contribution in [2.75, 3.05) is 26.7 Å². The summed E-state index contributed by atoms with van der Waals surface area (Å²) < 4.78 is 4.92. The van der Waals surface area contributed by atoms with Gasteiger partial charge in [0.2, 0.25) is 5.82 Å².